The van der Waals surface area contributed by atoms with Gasteiger partial charge in [-0.3, -0.25) is 14.8 Å². The minimum absolute atomic E-state index is 0.0941. The molecule has 0 radical (unpaired) electrons. The smallest absolute Gasteiger partial charge is 0.243 e. The third-order valence-electron chi connectivity index (χ3n) is 8.42. The molecule has 5 atom stereocenters. The Morgan fingerprint density at radius 2 is 1.93 bits per heavy atom. The molecule has 1 unspecified atom stereocenters. The molecule has 2 N–H and O–H groups in total. The van der Waals surface area contributed by atoms with E-state index >= 15 is 0 Å². The Morgan fingerprint density at radius 3 is 2.54 bits per heavy atom. The zero-order valence-electron chi connectivity index (χ0n) is 23.9. The van der Waals surface area contributed by atoms with E-state index in [1.54, 1.807) is 16.8 Å². The number of aromatic nitrogens is 2. The number of nitriles is 1. The normalized spacial score (nSPS) is 27.2. The fraction of sp³-hybridized carbons (Fsp3) is 0.452. The third-order valence-corrected chi connectivity index (χ3v) is 9.55. The lowest BCUT2D eigenvalue weighted by Gasteiger charge is -2.37. The Bertz CT molecular complexity index is 1460. The number of carbonyl (C=O) groups is 1. The molecular weight excluding hydrogens is 577 g/mol. The minimum atomic E-state index is -1.06. The first kappa shape index (κ1) is 29.9. The average molecular weight is 614 g/mol. The van der Waals surface area contributed by atoms with E-state index in [4.69, 9.17) is 27.4 Å². The van der Waals surface area contributed by atoms with Gasteiger partial charge in [0, 0.05) is 33.8 Å². The van der Waals surface area contributed by atoms with Crippen molar-refractivity contribution in [2.24, 2.45) is 11.3 Å². The van der Waals surface area contributed by atoms with Crippen LogP contribution >= 0.6 is 23.2 Å². The van der Waals surface area contributed by atoms with E-state index in [0.717, 1.165) is 17.5 Å². The van der Waals surface area contributed by atoms with Crippen LogP contribution in [-0.2, 0) is 32.1 Å². The maximum Gasteiger partial charge on any atom is 0.243 e. The van der Waals surface area contributed by atoms with Gasteiger partial charge >= 0.3 is 0 Å². The number of hydrogen-bond donors (Lipinski definition) is 2. The van der Waals surface area contributed by atoms with Gasteiger partial charge in [0.1, 0.15) is 35.7 Å². The second-order valence-electron chi connectivity index (χ2n) is 12.2. The van der Waals surface area contributed by atoms with Crippen molar-refractivity contribution in [3.8, 4) is 6.07 Å². The number of nitrogens with one attached hydrogen (secondary N) is 2. The van der Waals surface area contributed by atoms with Crippen molar-refractivity contribution >= 4 is 46.1 Å². The standard InChI is InChI=1S/C31H35Cl2N5O2S/c1-29(2,3)24-18-31(24)30(19-34,21-9-11-22(32)12-10-21)26(20-7-6-8-23(33)17-20)27(36-31)28(39)35-25-13-14-38(37-25)15-16-40-41(4)5/h6-14,17,24,26-27,36H,15-16,18H2,1-5H3/p+1/t24-,26-,27+,30+,31?/m0/s1. The highest BCUT2D eigenvalue weighted by atomic mass is 35.5. The Morgan fingerprint density at radius 1 is 1.20 bits per heavy atom. The maximum atomic E-state index is 14.1. The number of rotatable bonds is 8. The van der Waals surface area contributed by atoms with Crippen LogP contribution in [0.4, 0.5) is 5.82 Å². The second kappa shape index (κ2) is 11.3. The van der Waals surface area contributed by atoms with Crippen molar-refractivity contribution in [1.82, 2.24) is 15.1 Å². The van der Waals surface area contributed by atoms with Gasteiger partial charge in [-0.05, 0) is 53.1 Å². The molecule has 7 nitrogen and oxygen atoms in total. The monoisotopic (exact) mass is 612 g/mol. The molecule has 2 aliphatic rings. The highest BCUT2D eigenvalue weighted by Gasteiger charge is 2.78. The Hall–Kier alpha value is -2.54. The number of amides is 1. The average Bonchev–Trinajstić information content (AvgIpc) is 3.37. The molecule has 1 spiro atoms. The summed E-state index contributed by atoms with van der Waals surface area (Å²) < 4.78 is 7.42. The van der Waals surface area contributed by atoms with Crippen LogP contribution in [-0.4, -0.2) is 46.4 Å². The Labute approximate surface area is 255 Å². The summed E-state index contributed by atoms with van der Waals surface area (Å²) in [5, 5.41) is 23.6. The van der Waals surface area contributed by atoms with Crippen molar-refractivity contribution in [3.63, 3.8) is 0 Å². The van der Waals surface area contributed by atoms with Crippen molar-refractivity contribution in [3.05, 3.63) is 82.0 Å². The number of benzene rings is 2. The van der Waals surface area contributed by atoms with Crippen LogP contribution < -0.4 is 10.6 Å². The molecule has 2 heterocycles. The first-order valence-electron chi connectivity index (χ1n) is 13.7. The zero-order chi connectivity index (χ0) is 29.6. The largest absolute Gasteiger partial charge is 0.308 e. The van der Waals surface area contributed by atoms with Gasteiger partial charge in [-0.15, -0.1) is 0 Å². The lowest BCUT2D eigenvalue weighted by molar-refractivity contribution is -0.118. The van der Waals surface area contributed by atoms with E-state index in [9.17, 15) is 10.1 Å². The number of anilines is 1. The van der Waals surface area contributed by atoms with Crippen LogP contribution in [0.15, 0.2) is 60.8 Å². The fourth-order valence-electron chi connectivity index (χ4n) is 6.70. The van der Waals surface area contributed by atoms with Crippen LogP contribution in [0.3, 0.4) is 0 Å². The SMILES string of the molecule is C[S+](C)OCCn1ccc(NC(=O)[C@@H]2NC3(C[C@H]3C(C)(C)C)[C@](C#N)(c3ccc(Cl)cc3)[C@H]2c2cccc(Cl)c2)n1. The first-order valence-corrected chi connectivity index (χ1v) is 16.4. The number of hydrogen-bond acceptors (Lipinski definition) is 5. The van der Waals surface area contributed by atoms with E-state index in [2.05, 4.69) is 42.6 Å². The van der Waals surface area contributed by atoms with Gasteiger partial charge in [0.2, 0.25) is 5.91 Å². The van der Waals surface area contributed by atoms with Crippen LogP contribution in [0.1, 0.15) is 44.2 Å². The predicted octanol–water partition coefficient (Wildman–Crippen LogP) is 5.96. The highest BCUT2D eigenvalue weighted by Crippen LogP contribution is 2.70. The molecule has 0 bridgehead atoms. The summed E-state index contributed by atoms with van der Waals surface area (Å²) >= 11 is 12.7. The minimum Gasteiger partial charge on any atom is -0.308 e. The van der Waals surface area contributed by atoms with Gasteiger partial charge in [-0.2, -0.15) is 14.5 Å². The van der Waals surface area contributed by atoms with Gasteiger partial charge in [0.05, 0.1) is 18.7 Å². The Kier molecular flexibility index (Phi) is 8.23. The van der Waals surface area contributed by atoms with Crippen molar-refractivity contribution in [1.29, 1.82) is 5.26 Å². The van der Waals surface area contributed by atoms with Crippen LogP contribution in [0, 0.1) is 22.7 Å². The van der Waals surface area contributed by atoms with Crippen molar-refractivity contribution in [2.45, 2.75) is 56.7 Å². The molecule has 1 saturated heterocycles. The van der Waals surface area contributed by atoms with Crippen LogP contribution in [0.25, 0.3) is 0 Å². The summed E-state index contributed by atoms with van der Waals surface area (Å²) in [6.45, 7) is 7.69. The molecule has 2 aromatic carbocycles. The van der Waals surface area contributed by atoms with E-state index in [1.807, 2.05) is 61.2 Å². The first-order chi connectivity index (χ1) is 19.4. The molecule has 216 valence electrons. The zero-order valence-corrected chi connectivity index (χ0v) is 26.3. The molecule has 2 fully saturated rings. The van der Waals surface area contributed by atoms with Gasteiger partial charge in [0.25, 0.3) is 0 Å². The summed E-state index contributed by atoms with van der Waals surface area (Å²) in [6, 6.07) is 18.8. The van der Waals surface area contributed by atoms with Gasteiger partial charge in [0.15, 0.2) is 5.82 Å². The van der Waals surface area contributed by atoms with E-state index in [0.29, 0.717) is 29.0 Å². The molecule has 1 aliphatic carbocycles. The van der Waals surface area contributed by atoms with E-state index in [-0.39, 0.29) is 28.4 Å². The summed E-state index contributed by atoms with van der Waals surface area (Å²) in [7, 11) is 0. The third kappa shape index (κ3) is 5.51. The van der Waals surface area contributed by atoms with Crippen molar-refractivity contribution < 1.29 is 8.98 Å². The van der Waals surface area contributed by atoms with Crippen LogP contribution in [0.2, 0.25) is 10.0 Å². The quantitative estimate of drug-likeness (QED) is 0.306. The van der Waals surface area contributed by atoms with E-state index < -0.39 is 22.9 Å². The molecular formula is C31H36Cl2N5O2S+. The number of carbonyl (C=O) groups excluding carboxylic acids is 1. The lowest BCUT2D eigenvalue weighted by Crippen LogP contribution is -2.48. The maximum absolute atomic E-state index is 14.1. The highest BCUT2D eigenvalue weighted by molar-refractivity contribution is 7.90. The number of halogens is 2. The molecule has 10 heteroatoms. The molecule has 41 heavy (non-hydrogen) atoms. The molecule has 1 amide bonds. The van der Waals surface area contributed by atoms with Crippen molar-refractivity contribution in [2.75, 3.05) is 24.4 Å². The summed E-state index contributed by atoms with van der Waals surface area (Å²) in [5.74, 6) is -0.162. The Balaban J connectivity index is 1.57. The van der Waals surface area contributed by atoms with Crippen LogP contribution in [0.5, 0.6) is 0 Å². The summed E-state index contributed by atoms with van der Waals surface area (Å²) in [5.41, 5.74) is -0.119. The summed E-state index contributed by atoms with van der Waals surface area (Å²) in [6.07, 6.45) is 6.62. The molecule has 5 rings (SSSR count). The topological polar surface area (TPSA) is 92.0 Å². The molecule has 1 aromatic heterocycles. The van der Waals surface area contributed by atoms with Gasteiger partial charge in [-0.1, -0.05) is 68.2 Å². The van der Waals surface area contributed by atoms with Gasteiger partial charge < -0.3 is 5.32 Å². The molecule has 1 saturated carbocycles. The molecule has 3 aromatic rings. The van der Waals surface area contributed by atoms with E-state index in [1.165, 1.54) is 0 Å². The molecule has 1 aliphatic heterocycles. The van der Waals surface area contributed by atoms with Gasteiger partial charge in [-0.25, -0.2) is 0 Å². The lowest BCUT2D eigenvalue weighted by atomic mass is 9.62. The fourth-order valence-corrected chi connectivity index (χ4v) is 7.44. The predicted molar refractivity (Wildman–Crippen MR) is 166 cm³/mol. The summed E-state index contributed by atoms with van der Waals surface area (Å²) in [4.78, 5) is 14.1. The number of nitrogens with zero attached hydrogens (tertiary/aromatic N) is 3. The second-order valence-corrected chi connectivity index (χ2v) is 14.8.